The summed E-state index contributed by atoms with van der Waals surface area (Å²) in [6, 6.07) is 11.9. The SMILES string of the molecule is O=S(=O)(C1CC=C(c2cnco2)S1)N1CCc2c(ccnc2Nc2cnc3ccccc3c2)C1. The van der Waals surface area contributed by atoms with Gasteiger partial charge in [-0.15, -0.1) is 11.8 Å². The molecule has 1 aromatic carbocycles. The smallest absolute Gasteiger partial charge is 0.227 e. The number of nitrogens with one attached hydrogen (secondary N) is 1. The molecule has 8 nitrogen and oxygen atoms in total. The topological polar surface area (TPSA) is 101 Å². The van der Waals surface area contributed by atoms with Gasteiger partial charge in [-0.05, 0) is 36.6 Å². The van der Waals surface area contributed by atoms with E-state index < -0.39 is 14.6 Å². The second-order valence-corrected chi connectivity index (χ2v) is 11.8. The van der Waals surface area contributed by atoms with E-state index in [1.807, 2.05) is 42.5 Å². The predicted molar refractivity (Wildman–Crippen MR) is 133 cm³/mol. The molecule has 0 saturated heterocycles. The lowest BCUT2D eigenvalue weighted by Gasteiger charge is -2.31. The van der Waals surface area contributed by atoms with Crippen molar-refractivity contribution < 1.29 is 12.8 Å². The summed E-state index contributed by atoms with van der Waals surface area (Å²) in [5.74, 6) is 1.35. The third kappa shape index (κ3) is 3.87. The summed E-state index contributed by atoms with van der Waals surface area (Å²) >= 11 is 1.32. The number of para-hydroxylation sites is 1. The zero-order valence-corrected chi connectivity index (χ0v) is 19.7. The fourth-order valence-corrected chi connectivity index (χ4v) is 7.74. The van der Waals surface area contributed by atoms with Gasteiger partial charge in [0.05, 0.1) is 23.6 Å². The van der Waals surface area contributed by atoms with Crippen molar-refractivity contribution in [3.8, 4) is 0 Å². The van der Waals surface area contributed by atoms with Crippen LogP contribution in [0.4, 0.5) is 11.5 Å². The summed E-state index contributed by atoms with van der Waals surface area (Å²) in [5, 5.41) is 4.43. The van der Waals surface area contributed by atoms with E-state index in [4.69, 9.17) is 4.42 Å². The Bertz CT molecular complexity index is 1500. The Labute approximate surface area is 201 Å². The van der Waals surface area contributed by atoms with E-state index in [9.17, 15) is 8.42 Å². The molecule has 3 aromatic heterocycles. The number of anilines is 2. The first-order valence-corrected chi connectivity index (χ1v) is 13.3. The molecule has 1 N–H and O–H groups in total. The maximum atomic E-state index is 13.4. The molecule has 0 bridgehead atoms. The van der Waals surface area contributed by atoms with E-state index in [0.717, 1.165) is 38.4 Å². The van der Waals surface area contributed by atoms with Crippen LogP contribution in [0.25, 0.3) is 15.8 Å². The minimum atomic E-state index is -3.49. The Balaban J connectivity index is 1.20. The summed E-state index contributed by atoms with van der Waals surface area (Å²) in [6.07, 6.45) is 9.43. The van der Waals surface area contributed by atoms with E-state index in [1.165, 1.54) is 18.2 Å². The van der Waals surface area contributed by atoms with Gasteiger partial charge in [0.25, 0.3) is 0 Å². The zero-order chi connectivity index (χ0) is 23.1. The number of aromatic nitrogens is 3. The molecule has 4 aromatic rings. The number of nitrogens with zero attached hydrogens (tertiary/aromatic N) is 4. The summed E-state index contributed by atoms with van der Waals surface area (Å²) in [5.41, 5.74) is 3.79. The molecule has 0 aliphatic carbocycles. The third-order valence-corrected chi connectivity index (χ3v) is 10.1. The van der Waals surface area contributed by atoms with Crippen LogP contribution in [-0.4, -0.2) is 38.8 Å². The van der Waals surface area contributed by atoms with E-state index in [1.54, 1.807) is 22.9 Å². The standard InChI is InChI=1S/C24H21N5O3S2/c30-34(31,23-6-5-22(33-23)21-13-25-15-32-21)29-10-8-19-17(14-29)7-9-26-24(19)28-18-11-16-3-1-2-4-20(16)27-12-18/h1-5,7,9,11-13,15,23H,6,8,10,14H2,(H,26,28). The first-order valence-electron chi connectivity index (χ1n) is 10.9. The quantitative estimate of drug-likeness (QED) is 0.434. The molecule has 1 atom stereocenters. The van der Waals surface area contributed by atoms with Crippen molar-refractivity contribution in [2.45, 2.75) is 24.0 Å². The number of allylic oxidation sites excluding steroid dienone is 1. The van der Waals surface area contributed by atoms with Gasteiger partial charge in [0.15, 0.2) is 12.2 Å². The summed E-state index contributed by atoms with van der Waals surface area (Å²) in [7, 11) is -3.49. The van der Waals surface area contributed by atoms with E-state index in [-0.39, 0.29) is 0 Å². The molecule has 6 rings (SSSR count). The molecule has 0 saturated carbocycles. The third-order valence-electron chi connectivity index (χ3n) is 6.09. The lowest BCUT2D eigenvalue weighted by Crippen LogP contribution is -2.40. The van der Waals surface area contributed by atoms with Crippen molar-refractivity contribution in [3.05, 3.63) is 84.3 Å². The van der Waals surface area contributed by atoms with Gasteiger partial charge < -0.3 is 9.73 Å². The normalized spacial score (nSPS) is 18.6. The van der Waals surface area contributed by atoms with Crippen LogP contribution in [0.15, 0.2) is 71.9 Å². The fraction of sp³-hybridized carbons (Fsp3) is 0.208. The molecule has 5 heterocycles. The average Bonchev–Trinajstić information content (AvgIpc) is 3.56. The molecule has 172 valence electrons. The van der Waals surface area contributed by atoms with Crippen LogP contribution in [0.5, 0.6) is 0 Å². The second kappa shape index (κ2) is 8.53. The number of sulfonamides is 1. The Morgan fingerprint density at radius 2 is 2.06 bits per heavy atom. The molecule has 0 spiro atoms. The number of oxazole rings is 1. The highest BCUT2D eigenvalue weighted by Crippen LogP contribution is 2.43. The van der Waals surface area contributed by atoms with Crippen molar-refractivity contribution in [1.29, 1.82) is 0 Å². The van der Waals surface area contributed by atoms with Gasteiger partial charge in [-0.1, -0.05) is 24.3 Å². The van der Waals surface area contributed by atoms with Crippen LogP contribution in [0.2, 0.25) is 0 Å². The molecule has 0 amide bonds. The molecular weight excluding hydrogens is 470 g/mol. The number of pyridine rings is 2. The van der Waals surface area contributed by atoms with E-state index in [0.29, 0.717) is 31.7 Å². The second-order valence-electron chi connectivity index (χ2n) is 8.18. The highest BCUT2D eigenvalue weighted by molar-refractivity contribution is 8.18. The number of rotatable bonds is 5. The van der Waals surface area contributed by atoms with E-state index in [2.05, 4.69) is 20.3 Å². The van der Waals surface area contributed by atoms with Crippen LogP contribution >= 0.6 is 11.8 Å². The molecule has 0 radical (unpaired) electrons. The van der Waals surface area contributed by atoms with Crippen molar-refractivity contribution in [2.75, 3.05) is 11.9 Å². The summed E-state index contributed by atoms with van der Waals surface area (Å²) in [4.78, 5) is 13.8. The first-order chi connectivity index (χ1) is 16.6. The predicted octanol–water partition coefficient (Wildman–Crippen LogP) is 4.55. The van der Waals surface area contributed by atoms with Crippen molar-refractivity contribution >= 4 is 49.1 Å². The van der Waals surface area contributed by atoms with Gasteiger partial charge in [0.2, 0.25) is 10.0 Å². The Morgan fingerprint density at radius 3 is 2.94 bits per heavy atom. The molecule has 1 unspecified atom stereocenters. The van der Waals surface area contributed by atoms with Gasteiger partial charge in [-0.3, -0.25) is 4.98 Å². The van der Waals surface area contributed by atoms with Gasteiger partial charge in [-0.25, -0.2) is 18.4 Å². The molecule has 34 heavy (non-hydrogen) atoms. The molecule has 2 aliphatic heterocycles. The van der Waals surface area contributed by atoms with Gasteiger partial charge in [0.1, 0.15) is 10.4 Å². The van der Waals surface area contributed by atoms with Gasteiger partial charge >= 0.3 is 0 Å². The number of fused-ring (bicyclic) bond motifs is 2. The maximum Gasteiger partial charge on any atom is 0.227 e. The van der Waals surface area contributed by atoms with Crippen LogP contribution in [0.3, 0.4) is 0 Å². The first kappa shape index (κ1) is 21.3. The number of hydrogen-bond donors (Lipinski definition) is 1. The van der Waals surface area contributed by atoms with Gasteiger partial charge in [-0.2, -0.15) is 4.31 Å². The Hall–Kier alpha value is -3.21. The minimum absolute atomic E-state index is 0.333. The summed E-state index contributed by atoms with van der Waals surface area (Å²) in [6.45, 7) is 0.750. The van der Waals surface area contributed by atoms with Crippen molar-refractivity contribution in [3.63, 3.8) is 0 Å². The lowest BCUT2D eigenvalue weighted by molar-refractivity contribution is 0.390. The fourth-order valence-electron chi connectivity index (χ4n) is 4.35. The number of benzene rings is 1. The highest BCUT2D eigenvalue weighted by atomic mass is 32.3. The van der Waals surface area contributed by atoms with Crippen LogP contribution in [0.1, 0.15) is 23.3 Å². The Morgan fingerprint density at radius 1 is 1.15 bits per heavy atom. The summed E-state index contributed by atoms with van der Waals surface area (Å²) < 4.78 is 33.2. The molecule has 2 aliphatic rings. The minimum Gasteiger partial charge on any atom is -0.443 e. The maximum absolute atomic E-state index is 13.4. The zero-order valence-electron chi connectivity index (χ0n) is 18.1. The largest absolute Gasteiger partial charge is 0.443 e. The van der Waals surface area contributed by atoms with Crippen LogP contribution in [-0.2, 0) is 23.0 Å². The number of thioether (sulfide) groups is 1. The van der Waals surface area contributed by atoms with Crippen LogP contribution in [0, 0.1) is 0 Å². The van der Waals surface area contributed by atoms with Crippen LogP contribution < -0.4 is 5.32 Å². The Kier molecular flexibility index (Phi) is 5.35. The average molecular weight is 492 g/mol. The van der Waals surface area contributed by atoms with Gasteiger partial charge in [0, 0.05) is 35.1 Å². The highest BCUT2D eigenvalue weighted by Gasteiger charge is 2.38. The van der Waals surface area contributed by atoms with E-state index >= 15 is 0 Å². The number of hydrogen-bond acceptors (Lipinski definition) is 8. The van der Waals surface area contributed by atoms with Crippen molar-refractivity contribution in [2.24, 2.45) is 0 Å². The molecular formula is C24H21N5O3S2. The van der Waals surface area contributed by atoms with Crippen molar-refractivity contribution in [1.82, 2.24) is 19.3 Å². The molecule has 10 heteroatoms. The molecule has 0 fully saturated rings. The monoisotopic (exact) mass is 491 g/mol. The lowest BCUT2D eigenvalue weighted by atomic mass is 10.0.